The highest BCUT2D eigenvalue weighted by Gasteiger charge is 2.57. The number of rotatable bonds is 2. The van der Waals surface area contributed by atoms with Crippen molar-refractivity contribution in [2.24, 2.45) is 5.92 Å². The minimum absolute atomic E-state index is 0.111. The van der Waals surface area contributed by atoms with Crippen molar-refractivity contribution in [1.82, 2.24) is 5.32 Å². The SMILES string of the molecule is O=C(NC12CCC(C1)[C@H](O)[C@@H]2O)c1csc2ccccc12. The Kier molecular flexibility index (Phi) is 2.86. The van der Waals surface area contributed by atoms with E-state index in [0.717, 1.165) is 22.9 Å². The summed E-state index contributed by atoms with van der Waals surface area (Å²) in [5, 5.41) is 26.0. The van der Waals surface area contributed by atoms with Gasteiger partial charge in [0, 0.05) is 15.5 Å². The predicted octanol–water partition coefficient (Wildman–Crippen LogP) is 1.91. The molecule has 1 amide bonds. The summed E-state index contributed by atoms with van der Waals surface area (Å²) in [6.45, 7) is 0. The van der Waals surface area contributed by atoms with Gasteiger partial charge in [0.15, 0.2) is 0 Å². The van der Waals surface area contributed by atoms with Crippen LogP contribution in [0.2, 0.25) is 0 Å². The highest BCUT2D eigenvalue weighted by atomic mass is 32.1. The van der Waals surface area contributed by atoms with Crippen LogP contribution in [-0.2, 0) is 0 Å². The lowest BCUT2D eigenvalue weighted by Gasteiger charge is -2.34. The van der Waals surface area contributed by atoms with E-state index in [4.69, 9.17) is 0 Å². The molecule has 2 bridgehead atoms. The van der Waals surface area contributed by atoms with E-state index >= 15 is 0 Å². The van der Waals surface area contributed by atoms with Gasteiger partial charge in [0.2, 0.25) is 0 Å². The maximum Gasteiger partial charge on any atom is 0.253 e. The van der Waals surface area contributed by atoms with Crippen molar-refractivity contribution in [3.05, 3.63) is 35.2 Å². The summed E-state index contributed by atoms with van der Waals surface area (Å²) < 4.78 is 1.08. The number of hydrogen-bond donors (Lipinski definition) is 3. The standard InChI is InChI=1S/C16H17NO3S/c18-13-9-5-6-16(7-9,14(13)19)17-15(20)11-8-21-12-4-2-1-3-10(11)12/h1-4,8-9,13-14,18-19H,5-7H2,(H,17,20)/t9?,13-,14-,16?/m0/s1. The molecule has 110 valence electrons. The molecule has 2 saturated carbocycles. The lowest BCUT2D eigenvalue weighted by molar-refractivity contribution is -0.0321. The van der Waals surface area contributed by atoms with E-state index in [1.165, 1.54) is 0 Å². The minimum atomic E-state index is -0.856. The van der Waals surface area contributed by atoms with Crippen LogP contribution in [0.3, 0.4) is 0 Å². The number of thiophene rings is 1. The van der Waals surface area contributed by atoms with Gasteiger partial charge in [-0.1, -0.05) is 18.2 Å². The number of carbonyl (C=O) groups is 1. The Morgan fingerprint density at radius 1 is 1.33 bits per heavy atom. The molecule has 0 saturated heterocycles. The molecule has 2 aliphatic rings. The Labute approximate surface area is 126 Å². The van der Waals surface area contributed by atoms with Gasteiger partial charge < -0.3 is 15.5 Å². The molecule has 3 N–H and O–H groups in total. The van der Waals surface area contributed by atoms with Gasteiger partial charge in [-0.3, -0.25) is 4.79 Å². The van der Waals surface area contributed by atoms with E-state index < -0.39 is 17.7 Å². The monoisotopic (exact) mass is 303 g/mol. The Morgan fingerprint density at radius 3 is 2.90 bits per heavy atom. The van der Waals surface area contributed by atoms with Crippen LogP contribution < -0.4 is 5.32 Å². The van der Waals surface area contributed by atoms with Crippen LogP contribution in [0, 0.1) is 5.92 Å². The molecule has 2 aliphatic carbocycles. The number of fused-ring (bicyclic) bond motifs is 3. The minimum Gasteiger partial charge on any atom is -0.390 e. The van der Waals surface area contributed by atoms with Crippen molar-refractivity contribution in [2.75, 3.05) is 0 Å². The fraction of sp³-hybridized carbons (Fsp3) is 0.438. The molecule has 21 heavy (non-hydrogen) atoms. The summed E-state index contributed by atoms with van der Waals surface area (Å²) in [7, 11) is 0. The summed E-state index contributed by atoms with van der Waals surface area (Å²) in [6.07, 6.45) is 0.707. The average molecular weight is 303 g/mol. The van der Waals surface area contributed by atoms with Gasteiger partial charge in [0.1, 0.15) is 6.10 Å². The number of benzene rings is 1. The number of aliphatic hydroxyl groups excluding tert-OH is 2. The first-order valence-electron chi connectivity index (χ1n) is 7.26. The van der Waals surface area contributed by atoms with Gasteiger partial charge in [-0.15, -0.1) is 11.3 Å². The number of aliphatic hydroxyl groups is 2. The van der Waals surface area contributed by atoms with E-state index in [2.05, 4.69) is 5.32 Å². The molecule has 4 nitrogen and oxygen atoms in total. The molecule has 4 rings (SSSR count). The first-order valence-corrected chi connectivity index (χ1v) is 8.13. The average Bonchev–Trinajstić information content (AvgIpc) is 3.14. The molecule has 2 aromatic rings. The third kappa shape index (κ3) is 1.84. The molecule has 1 aromatic heterocycles. The van der Waals surface area contributed by atoms with Crippen molar-refractivity contribution >= 4 is 27.3 Å². The zero-order chi connectivity index (χ0) is 14.6. The van der Waals surface area contributed by atoms with Crippen molar-refractivity contribution in [3.8, 4) is 0 Å². The third-order valence-corrected chi connectivity index (χ3v) is 6.01. The Morgan fingerprint density at radius 2 is 2.14 bits per heavy atom. The second kappa shape index (κ2) is 4.53. The van der Waals surface area contributed by atoms with E-state index in [0.29, 0.717) is 12.0 Å². The molecule has 0 radical (unpaired) electrons. The van der Waals surface area contributed by atoms with Crippen LogP contribution in [0.4, 0.5) is 0 Å². The fourth-order valence-corrected chi connectivity index (χ4v) is 4.84. The third-order valence-electron chi connectivity index (χ3n) is 5.05. The first-order chi connectivity index (χ1) is 10.1. The molecule has 2 fully saturated rings. The molecule has 1 heterocycles. The summed E-state index contributed by atoms with van der Waals surface area (Å²) >= 11 is 1.55. The van der Waals surface area contributed by atoms with Gasteiger partial charge in [0.05, 0.1) is 17.2 Å². The van der Waals surface area contributed by atoms with E-state index in [1.54, 1.807) is 11.3 Å². The number of nitrogens with one attached hydrogen (secondary N) is 1. The van der Waals surface area contributed by atoms with Crippen LogP contribution in [0.15, 0.2) is 29.6 Å². The number of carbonyl (C=O) groups excluding carboxylic acids is 1. The second-order valence-corrected chi connectivity index (χ2v) is 7.11. The maximum atomic E-state index is 12.6. The topological polar surface area (TPSA) is 69.6 Å². The Balaban J connectivity index is 1.64. The predicted molar refractivity (Wildman–Crippen MR) is 81.4 cm³/mol. The van der Waals surface area contributed by atoms with Crippen molar-refractivity contribution in [3.63, 3.8) is 0 Å². The molecule has 4 atom stereocenters. The molecule has 0 aliphatic heterocycles. The summed E-state index contributed by atoms with van der Waals surface area (Å²) in [5.41, 5.74) is 0.00604. The molecule has 2 unspecified atom stereocenters. The Bertz CT molecular complexity index is 712. The van der Waals surface area contributed by atoms with E-state index in [-0.39, 0.29) is 11.8 Å². The smallest absolute Gasteiger partial charge is 0.253 e. The first kappa shape index (κ1) is 13.2. The van der Waals surface area contributed by atoms with E-state index in [9.17, 15) is 15.0 Å². The highest BCUT2D eigenvalue weighted by Crippen LogP contribution is 2.48. The van der Waals surface area contributed by atoms with Gasteiger partial charge in [-0.25, -0.2) is 0 Å². The van der Waals surface area contributed by atoms with Crippen LogP contribution in [0.1, 0.15) is 29.6 Å². The van der Waals surface area contributed by atoms with Gasteiger partial charge in [-0.05, 0) is 31.2 Å². The fourth-order valence-electron chi connectivity index (χ4n) is 3.89. The normalized spacial score (nSPS) is 34.5. The number of amides is 1. The van der Waals surface area contributed by atoms with Crippen molar-refractivity contribution in [1.29, 1.82) is 0 Å². The van der Waals surface area contributed by atoms with Crippen LogP contribution >= 0.6 is 11.3 Å². The number of hydrogen-bond acceptors (Lipinski definition) is 4. The molecule has 1 aromatic carbocycles. The van der Waals surface area contributed by atoms with E-state index in [1.807, 2.05) is 29.6 Å². The molecular formula is C16H17NO3S. The molecule has 0 spiro atoms. The highest BCUT2D eigenvalue weighted by molar-refractivity contribution is 7.17. The zero-order valence-corrected chi connectivity index (χ0v) is 12.3. The molecular weight excluding hydrogens is 286 g/mol. The summed E-state index contributed by atoms with van der Waals surface area (Å²) in [5.74, 6) is -0.0410. The van der Waals surface area contributed by atoms with Gasteiger partial charge in [0.25, 0.3) is 5.91 Å². The van der Waals surface area contributed by atoms with Crippen molar-refractivity contribution in [2.45, 2.75) is 37.0 Å². The lowest BCUT2D eigenvalue weighted by atomic mass is 9.88. The zero-order valence-electron chi connectivity index (χ0n) is 11.5. The van der Waals surface area contributed by atoms with Gasteiger partial charge >= 0.3 is 0 Å². The van der Waals surface area contributed by atoms with Crippen LogP contribution in [0.25, 0.3) is 10.1 Å². The van der Waals surface area contributed by atoms with Gasteiger partial charge in [-0.2, -0.15) is 0 Å². The maximum absolute atomic E-state index is 12.6. The van der Waals surface area contributed by atoms with Crippen molar-refractivity contribution < 1.29 is 15.0 Å². The lowest BCUT2D eigenvalue weighted by Crippen LogP contribution is -2.56. The second-order valence-electron chi connectivity index (χ2n) is 6.19. The molecule has 5 heteroatoms. The summed E-state index contributed by atoms with van der Waals surface area (Å²) in [6, 6.07) is 7.81. The Hall–Kier alpha value is -1.43. The van der Waals surface area contributed by atoms with Crippen LogP contribution in [-0.4, -0.2) is 33.9 Å². The van der Waals surface area contributed by atoms with Crippen LogP contribution in [0.5, 0.6) is 0 Å². The largest absolute Gasteiger partial charge is 0.390 e. The summed E-state index contributed by atoms with van der Waals surface area (Å²) in [4.78, 5) is 12.6. The quantitative estimate of drug-likeness (QED) is 0.794.